The average molecular weight is 247 g/mol. The molecule has 3 aromatic rings. The minimum Gasteiger partial charge on any atom is -0.398 e. The summed E-state index contributed by atoms with van der Waals surface area (Å²) in [5.74, 6) is 0. The van der Waals surface area contributed by atoms with Gasteiger partial charge < -0.3 is 5.73 Å². The monoisotopic (exact) mass is 247 g/mol. The quantitative estimate of drug-likeness (QED) is 0.619. The van der Waals surface area contributed by atoms with E-state index in [9.17, 15) is 0 Å². The normalized spacial score (nSPS) is 10.8. The van der Waals surface area contributed by atoms with E-state index in [1.165, 1.54) is 22.1 Å². The van der Waals surface area contributed by atoms with E-state index < -0.39 is 0 Å². The largest absolute Gasteiger partial charge is 0.398 e. The van der Waals surface area contributed by atoms with Crippen LogP contribution in [-0.2, 0) is 0 Å². The first kappa shape index (κ1) is 11.8. The molecule has 0 unspecified atom stereocenters. The SMILES string of the molecule is Cc1cccc(C)c1-c1ccc2ccccc2c1N. The van der Waals surface area contributed by atoms with Crippen LogP contribution in [0, 0.1) is 13.8 Å². The van der Waals surface area contributed by atoms with Gasteiger partial charge in [0.2, 0.25) is 0 Å². The second-order valence-corrected chi connectivity index (χ2v) is 5.01. The highest BCUT2D eigenvalue weighted by atomic mass is 14.6. The number of rotatable bonds is 1. The fourth-order valence-corrected chi connectivity index (χ4v) is 2.75. The Morgan fingerprint density at radius 2 is 1.42 bits per heavy atom. The lowest BCUT2D eigenvalue weighted by Crippen LogP contribution is -1.95. The standard InChI is InChI=1S/C18H17N/c1-12-6-5-7-13(2)17(12)16-11-10-14-8-3-4-9-15(14)18(16)19/h3-11H,19H2,1-2H3. The first-order chi connectivity index (χ1) is 9.18. The molecule has 0 amide bonds. The molecule has 1 nitrogen and oxygen atoms in total. The van der Waals surface area contributed by atoms with Gasteiger partial charge in [0.15, 0.2) is 0 Å². The van der Waals surface area contributed by atoms with Crippen molar-refractivity contribution in [1.82, 2.24) is 0 Å². The Hall–Kier alpha value is -2.28. The predicted molar refractivity (Wildman–Crippen MR) is 83.3 cm³/mol. The number of aryl methyl sites for hydroxylation is 2. The van der Waals surface area contributed by atoms with Gasteiger partial charge in [-0.05, 0) is 35.9 Å². The lowest BCUT2D eigenvalue weighted by atomic mass is 9.92. The van der Waals surface area contributed by atoms with Crippen molar-refractivity contribution < 1.29 is 0 Å². The molecule has 0 atom stereocenters. The van der Waals surface area contributed by atoms with Crippen molar-refractivity contribution in [3.05, 3.63) is 65.7 Å². The summed E-state index contributed by atoms with van der Waals surface area (Å²) in [4.78, 5) is 0. The number of benzene rings is 3. The molecule has 0 radical (unpaired) electrons. The highest BCUT2D eigenvalue weighted by Crippen LogP contribution is 2.35. The van der Waals surface area contributed by atoms with Gasteiger partial charge in [-0.25, -0.2) is 0 Å². The van der Waals surface area contributed by atoms with Crippen molar-refractivity contribution in [3.63, 3.8) is 0 Å². The van der Waals surface area contributed by atoms with Crippen molar-refractivity contribution in [2.45, 2.75) is 13.8 Å². The summed E-state index contributed by atoms with van der Waals surface area (Å²) < 4.78 is 0. The number of nitrogen functional groups attached to an aromatic ring is 1. The van der Waals surface area contributed by atoms with E-state index in [1.54, 1.807) is 0 Å². The predicted octanol–water partition coefficient (Wildman–Crippen LogP) is 4.71. The molecule has 2 N–H and O–H groups in total. The first-order valence-electron chi connectivity index (χ1n) is 6.52. The number of nitrogens with two attached hydrogens (primary N) is 1. The fraction of sp³-hybridized carbons (Fsp3) is 0.111. The molecule has 0 saturated carbocycles. The molecule has 0 aliphatic heterocycles. The van der Waals surface area contributed by atoms with Crippen LogP contribution in [0.2, 0.25) is 0 Å². The Balaban J connectivity index is 2.35. The highest BCUT2D eigenvalue weighted by molar-refractivity contribution is 6.01. The molecule has 0 heterocycles. The molecule has 0 aliphatic rings. The molecular weight excluding hydrogens is 230 g/mol. The van der Waals surface area contributed by atoms with Crippen molar-refractivity contribution >= 4 is 16.5 Å². The molecule has 0 fully saturated rings. The summed E-state index contributed by atoms with van der Waals surface area (Å²) in [5.41, 5.74) is 12.2. The van der Waals surface area contributed by atoms with E-state index in [2.05, 4.69) is 56.3 Å². The van der Waals surface area contributed by atoms with Crippen LogP contribution in [0.1, 0.15) is 11.1 Å². The maximum Gasteiger partial charge on any atom is 0.0473 e. The van der Waals surface area contributed by atoms with Crippen molar-refractivity contribution in [3.8, 4) is 11.1 Å². The Morgan fingerprint density at radius 1 is 0.737 bits per heavy atom. The van der Waals surface area contributed by atoms with Crippen LogP contribution in [-0.4, -0.2) is 0 Å². The molecule has 0 saturated heterocycles. The summed E-state index contributed by atoms with van der Waals surface area (Å²) in [6, 6.07) is 18.9. The Morgan fingerprint density at radius 3 is 2.16 bits per heavy atom. The van der Waals surface area contributed by atoms with Gasteiger partial charge >= 0.3 is 0 Å². The lowest BCUT2D eigenvalue weighted by Gasteiger charge is -2.14. The molecule has 94 valence electrons. The van der Waals surface area contributed by atoms with Gasteiger partial charge in [0.05, 0.1) is 0 Å². The number of hydrogen-bond acceptors (Lipinski definition) is 1. The summed E-state index contributed by atoms with van der Waals surface area (Å²) in [7, 11) is 0. The third-order valence-corrected chi connectivity index (χ3v) is 3.72. The van der Waals surface area contributed by atoms with Crippen LogP contribution in [0.4, 0.5) is 5.69 Å². The van der Waals surface area contributed by atoms with E-state index in [0.29, 0.717) is 0 Å². The molecule has 0 spiro atoms. The van der Waals surface area contributed by atoms with Gasteiger partial charge in [-0.15, -0.1) is 0 Å². The molecule has 0 aliphatic carbocycles. The van der Waals surface area contributed by atoms with Crippen LogP contribution < -0.4 is 5.73 Å². The maximum atomic E-state index is 6.39. The van der Waals surface area contributed by atoms with Gasteiger partial charge in [0.25, 0.3) is 0 Å². The first-order valence-corrected chi connectivity index (χ1v) is 6.52. The van der Waals surface area contributed by atoms with Gasteiger partial charge in [-0.1, -0.05) is 54.6 Å². The van der Waals surface area contributed by atoms with Gasteiger partial charge in [0, 0.05) is 16.6 Å². The van der Waals surface area contributed by atoms with Crippen molar-refractivity contribution in [2.24, 2.45) is 0 Å². The molecule has 3 rings (SSSR count). The third kappa shape index (κ3) is 1.88. The van der Waals surface area contributed by atoms with Crippen LogP contribution in [0.25, 0.3) is 21.9 Å². The highest BCUT2D eigenvalue weighted by Gasteiger charge is 2.10. The lowest BCUT2D eigenvalue weighted by molar-refractivity contribution is 1.38. The second-order valence-electron chi connectivity index (χ2n) is 5.01. The molecule has 1 heteroatoms. The van der Waals surface area contributed by atoms with Gasteiger partial charge in [-0.3, -0.25) is 0 Å². The van der Waals surface area contributed by atoms with E-state index in [0.717, 1.165) is 16.6 Å². The molecule has 0 bridgehead atoms. The minimum atomic E-state index is 0.871. The fourth-order valence-electron chi connectivity index (χ4n) is 2.75. The molecular formula is C18H17N. The minimum absolute atomic E-state index is 0.871. The summed E-state index contributed by atoms with van der Waals surface area (Å²) in [5, 5.41) is 2.32. The topological polar surface area (TPSA) is 26.0 Å². The van der Waals surface area contributed by atoms with Crippen LogP contribution >= 0.6 is 0 Å². The van der Waals surface area contributed by atoms with E-state index in [1.807, 2.05) is 12.1 Å². The summed E-state index contributed by atoms with van der Waals surface area (Å²) in [6.45, 7) is 4.27. The third-order valence-electron chi connectivity index (χ3n) is 3.72. The van der Waals surface area contributed by atoms with Crippen LogP contribution in [0.15, 0.2) is 54.6 Å². The van der Waals surface area contributed by atoms with Gasteiger partial charge in [0.1, 0.15) is 0 Å². The second kappa shape index (κ2) is 4.43. The average Bonchev–Trinajstić information content (AvgIpc) is 2.41. The zero-order valence-electron chi connectivity index (χ0n) is 11.3. The number of anilines is 1. The Kier molecular flexibility index (Phi) is 2.75. The van der Waals surface area contributed by atoms with E-state index >= 15 is 0 Å². The Labute approximate surface area is 113 Å². The Bertz CT molecular complexity index is 736. The zero-order valence-corrected chi connectivity index (χ0v) is 11.3. The molecule has 3 aromatic carbocycles. The summed E-state index contributed by atoms with van der Waals surface area (Å²) >= 11 is 0. The van der Waals surface area contributed by atoms with Crippen LogP contribution in [0.3, 0.4) is 0 Å². The summed E-state index contributed by atoms with van der Waals surface area (Å²) in [6.07, 6.45) is 0. The molecule has 0 aromatic heterocycles. The van der Waals surface area contributed by atoms with Crippen molar-refractivity contribution in [2.75, 3.05) is 5.73 Å². The van der Waals surface area contributed by atoms with Crippen molar-refractivity contribution in [1.29, 1.82) is 0 Å². The molecule has 19 heavy (non-hydrogen) atoms. The van der Waals surface area contributed by atoms with Gasteiger partial charge in [-0.2, -0.15) is 0 Å². The smallest absolute Gasteiger partial charge is 0.0473 e. The van der Waals surface area contributed by atoms with Crippen LogP contribution in [0.5, 0.6) is 0 Å². The maximum absolute atomic E-state index is 6.39. The zero-order chi connectivity index (χ0) is 13.4. The van der Waals surface area contributed by atoms with E-state index in [-0.39, 0.29) is 0 Å². The van der Waals surface area contributed by atoms with E-state index in [4.69, 9.17) is 5.73 Å². The number of hydrogen-bond donors (Lipinski definition) is 1. The number of fused-ring (bicyclic) bond motifs is 1.